The highest BCUT2D eigenvalue weighted by molar-refractivity contribution is 6.09. The van der Waals surface area contributed by atoms with Gasteiger partial charge in [0.25, 0.3) is 5.91 Å². The SMILES string of the molecule is CCOc1ccccc1NC(=O)COC(=O)[C@H](Cc1ccccc1)N1C(=O)[C@@H]2[C@H]3C=C[C@@H]([C@@H]4C[C@@H]34)[C@@H]2C1=O. The minimum Gasteiger partial charge on any atom is -0.492 e. The molecule has 7 rings (SSSR count). The number of para-hydroxylation sites is 2. The zero-order valence-corrected chi connectivity index (χ0v) is 21.1. The average molecular weight is 515 g/mol. The van der Waals surface area contributed by atoms with Crippen LogP contribution in [0.3, 0.4) is 0 Å². The van der Waals surface area contributed by atoms with Crippen molar-refractivity contribution in [2.45, 2.75) is 25.8 Å². The van der Waals surface area contributed by atoms with Crippen LogP contribution in [-0.2, 0) is 30.3 Å². The molecule has 5 aliphatic rings. The maximum absolute atomic E-state index is 13.7. The summed E-state index contributed by atoms with van der Waals surface area (Å²) in [6.07, 6.45) is 5.39. The lowest BCUT2D eigenvalue weighted by atomic mass is 9.63. The second kappa shape index (κ2) is 9.74. The molecule has 3 amide bonds. The summed E-state index contributed by atoms with van der Waals surface area (Å²) in [6, 6.07) is 15.1. The second-order valence-corrected chi connectivity index (χ2v) is 10.5. The van der Waals surface area contributed by atoms with Gasteiger partial charge in [-0.2, -0.15) is 0 Å². The molecule has 1 aliphatic heterocycles. The summed E-state index contributed by atoms with van der Waals surface area (Å²) in [5, 5.41) is 2.70. The zero-order chi connectivity index (χ0) is 26.4. The van der Waals surface area contributed by atoms with Gasteiger partial charge in [0.1, 0.15) is 11.8 Å². The Morgan fingerprint density at radius 1 is 0.947 bits per heavy atom. The molecular formula is C30H30N2O6. The molecular weight excluding hydrogens is 484 g/mol. The first-order chi connectivity index (χ1) is 18.5. The van der Waals surface area contributed by atoms with Gasteiger partial charge in [-0.1, -0.05) is 54.6 Å². The number of esters is 1. The third-order valence-electron chi connectivity index (χ3n) is 8.36. The number of nitrogens with one attached hydrogen (secondary N) is 1. The molecule has 0 aromatic heterocycles. The van der Waals surface area contributed by atoms with Gasteiger partial charge in [-0.25, -0.2) is 4.79 Å². The van der Waals surface area contributed by atoms with Crippen LogP contribution in [0.2, 0.25) is 0 Å². The van der Waals surface area contributed by atoms with E-state index >= 15 is 0 Å². The number of ether oxygens (including phenoxy) is 2. The fourth-order valence-corrected chi connectivity index (χ4v) is 6.68. The smallest absolute Gasteiger partial charge is 0.330 e. The molecule has 8 nitrogen and oxygen atoms in total. The number of carbonyl (C=O) groups excluding carboxylic acids is 4. The molecule has 2 aromatic carbocycles. The van der Waals surface area contributed by atoms with Crippen molar-refractivity contribution in [1.82, 2.24) is 4.90 Å². The van der Waals surface area contributed by atoms with E-state index in [1.165, 1.54) is 0 Å². The summed E-state index contributed by atoms with van der Waals surface area (Å²) in [4.78, 5) is 54.6. The fourth-order valence-electron chi connectivity index (χ4n) is 6.68. The summed E-state index contributed by atoms with van der Waals surface area (Å²) >= 11 is 0. The number of amides is 3. The molecule has 2 bridgehead atoms. The number of anilines is 1. The number of rotatable bonds is 9. The summed E-state index contributed by atoms with van der Waals surface area (Å²) in [6.45, 7) is 1.72. The number of likely N-dealkylation sites (tertiary alicyclic amines) is 1. The van der Waals surface area contributed by atoms with Crippen molar-refractivity contribution in [2.75, 3.05) is 18.5 Å². The van der Waals surface area contributed by atoms with E-state index in [0.717, 1.165) is 16.9 Å². The first-order valence-corrected chi connectivity index (χ1v) is 13.3. The van der Waals surface area contributed by atoms with E-state index < -0.39 is 36.4 Å². The molecule has 2 saturated carbocycles. The largest absolute Gasteiger partial charge is 0.492 e. The molecule has 38 heavy (non-hydrogen) atoms. The fraction of sp³-hybridized carbons (Fsp3) is 0.400. The Bertz CT molecular complexity index is 1270. The van der Waals surface area contributed by atoms with Crippen LogP contribution in [0.25, 0.3) is 0 Å². The van der Waals surface area contributed by atoms with Crippen LogP contribution >= 0.6 is 0 Å². The zero-order valence-electron chi connectivity index (χ0n) is 21.1. The van der Waals surface area contributed by atoms with Crippen molar-refractivity contribution in [3.8, 4) is 5.75 Å². The van der Waals surface area contributed by atoms with Gasteiger partial charge in [-0.15, -0.1) is 0 Å². The van der Waals surface area contributed by atoms with Crippen molar-refractivity contribution in [3.05, 3.63) is 72.3 Å². The monoisotopic (exact) mass is 514 g/mol. The van der Waals surface area contributed by atoms with E-state index in [2.05, 4.69) is 17.5 Å². The highest BCUT2D eigenvalue weighted by Gasteiger charge is 2.68. The van der Waals surface area contributed by atoms with Crippen LogP contribution in [0.1, 0.15) is 18.9 Å². The van der Waals surface area contributed by atoms with E-state index in [4.69, 9.17) is 9.47 Å². The highest BCUT2D eigenvalue weighted by atomic mass is 16.5. The van der Waals surface area contributed by atoms with E-state index in [9.17, 15) is 19.2 Å². The van der Waals surface area contributed by atoms with Crippen molar-refractivity contribution < 1.29 is 28.7 Å². The predicted molar refractivity (Wildman–Crippen MR) is 138 cm³/mol. The Morgan fingerprint density at radius 3 is 2.24 bits per heavy atom. The number of allylic oxidation sites excluding steroid dienone is 2. The highest BCUT2D eigenvalue weighted by Crippen LogP contribution is 2.65. The number of hydrogen-bond acceptors (Lipinski definition) is 6. The Morgan fingerprint density at radius 2 is 1.58 bits per heavy atom. The van der Waals surface area contributed by atoms with Gasteiger partial charge in [-0.3, -0.25) is 19.3 Å². The number of hydrogen-bond donors (Lipinski definition) is 1. The third-order valence-corrected chi connectivity index (χ3v) is 8.36. The van der Waals surface area contributed by atoms with Crippen LogP contribution in [-0.4, -0.2) is 47.8 Å². The van der Waals surface area contributed by atoms with E-state index in [-0.39, 0.29) is 30.1 Å². The quantitative estimate of drug-likeness (QED) is 0.313. The first-order valence-electron chi connectivity index (χ1n) is 13.3. The van der Waals surface area contributed by atoms with Crippen molar-refractivity contribution >= 4 is 29.4 Å². The maximum atomic E-state index is 13.7. The van der Waals surface area contributed by atoms with Crippen LogP contribution in [0, 0.1) is 35.5 Å². The van der Waals surface area contributed by atoms with Gasteiger partial charge >= 0.3 is 5.97 Å². The minimum atomic E-state index is -1.14. The summed E-state index contributed by atoms with van der Waals surface area (Å²) in [7, 11) is 0. The molecule has 196 valence electrons. The molecule has 4 aliphatic carbocycles. The van der Waals surface area contributed by atoms with Crippen LogP contribution in [0.4, 0.5) is 5.69 Å². The second-order valence-electron chi connectivity index (χ2n) is 10.5. The molecule has 1 heterocycles. The van der Waals surface area contributed by atoms with Crippen LogP contribution < -0.4 is 10.1 Å². The van der Waals surface area contributed by atoms with Crippen molar-refractivity contribution in [1.29, 1.82) is 0 Å². The molecule has 8 heteroatoms. The van der Waals surface area contributed by atoms with Crippen LogP contribution in [0.5, 0.6) is 5.75 Å². The van der Waals surface area contributed by atoms with Gasteiger partial charge in [0.2, 0.25) is 11.8 Å². The Kier molecular flexibility index (Phi) is 6.26. The van der Waals surface area contributed by atoms with Crippen molar-refractivity contribution in [2.24, 2.45) is 35.5 Å². The Labute approximate surface area is 221 Å². The number of benzene rings is 2. The molecule has 2 aromatic rings. The normalized spacial score (nSPS) is 28.9. The molecule has 7 atom stereocenters. The topological polar surface area (TPSA) is 102 Å². The minimum absolute atomic E-state index is 0.0565. The number of imide groups is 1. The molecule has 0 radical (unpaired) electrons. The summed E-state index contributed by atoms with van der Waals surface area (Å²) in [5.74, 6) is -1.18. The first kappa shape index (κ1) is 24.4. The molecule has 0 spiro atoms. The van der Waals surface area contributed by atoms with Gasteiger partial charge in [0, 0.05) is 6.42 Å². The lowest BCUT2D eigenvalue weighted by molar-refractivity contribution is -0.160. The molecule has 1 N–H and O–H groups in total. The van der Waals surface area contributed by atoms with Gasteiger partial charge in [-0.05, 0) is 54.7 Å². The van der Waals surface area contributed by atoms with Gasteiger partial charge in [0.05, 0.1) is 24.1 Å². The number of carbonyl (C=O) groups is 4. The lowest BCUT2D eigenvalue weighted by Gasteiger charge is -2.37. The van der Waals surface area contributed by atoms with E-state index in [1.807, 2.05) is 37.3 Å². The third kappa shape index (κ3) is 4.18. The Hall–Kier alpha value is -3.94. The molecule has 0 unspecified atom stereocenters. The van der Waals surface area contributed by atoms with Crippen LogP contribution in [0.15, 0.2) is 66.7 Å². The predicted octanol–water partition coefficient (Wildman–Crippen LogP) is 3.23. The number of nitrogens with zero attached hydrogens (tertiary/aromatic N) is 1. The van der Waals surface area contributed by atoms with Crippen molar-refractivity contribution in [3.63, 3.8) is 0 Å². The molecule has 1 saturated heterocycles. The summed E-state index contributed by atoms with van der Waals surface area (Å²) < 4.78 is 10.9. The molecule has 3 fully saturated rings. The van der Waals surface area contributed by atoms with Gasteiger partial charge in [0.15, 0.2) is 6.61 Å². The lowest BCUT2D eigenvalue weighted by Crippen LogP contribution is -2.48. The maximum Gasteiger partial charge on any atom is 0.330 e. The Balaban J connectivity index is 1.19. The standard InChI is InChI=1S/C30H30N2O6/c1-2-37-24-11-7-6-10-22(24)31-25(33)16-38-30(36)23(14-17-8-4-3-5-9-17)32-28(34)26-18-12-13-19(21-15-20(18)21)27(26)29(32)35/h3-13,18-21,23,26-27H,2,14-16H2,1H3,(H,31,33)/t18-,19-,20-,21-,23-,26-,27+/m0/s1. The summed E-state index contributed by atoms with van der Waals surface area (Å²) in [5.41, 5.74) is 1.26. The van der Waals surface area contributed by atoms with E-state index in [1.54, 1.807) is 24.3 Å². The average Bonchev–Trinajstić information content (AvgIpc) is 3.71. The van der Waals surface area contributed by atoms with Gasteiger partial charge < -0.3 is 14.8 Å². The van der Waals surface area contributed by atoms with E-state index in [0.29, 0.717) is 29.9 Å².